The summed E-state index contributed by atoms with van der Waals surface area (Å²) in [6.07, 6.45) is 2.09. The van der Waals surface area contributed by atoms with Crippen molar-refractivity contribution in [1.82, 2.24) is 30.0 Å². The van der Waals surface area contributed by atoms with Crippen LogP contribution in [0.3, 0.4) is 0 Å². The highest BCUT2D eigenvalue weighted by atomic mass is 19.1. The van der Waals surface area contributed by atoms with Crippen molar-refractivity contribution in [3.05, 3.63) is 59.5 Å². The number of nitrogens with zero attached hydrogens (tertiary/aromatic N) is 5. The van der Waals surface area contributed by atoms with Gasteiger partial charge in [-0.25, -0.2) is 24.0 Å². The summed E-state index contributed by atoms with van der Waals surface area (Å²) in [5.74, 6) is 0.883. The van der Waals surface area contributed by atoms with Crippen LogP contribution >= 0.6 is 0 Å². The lowest BCUT2D eigenvalue weighted by Crippen LogP contribution is -2.28. The van der Waals surface area contributed by atoms with Gasteiger partial charge in [0.25, 0.3) is 0 Å². The number of benzene rings is 1. The Morgan fingerprint density at radius 3 is 2.78 bits per heavy atom. The highest BCUT2D eigenvalue weighted by Crippen LogP contribution is 2.42. The fourth-order valence-electron chi connectivity index (χ4n) is 4.88. The number of anilines is 2. The molecule has 11 heteroatoms. The SMILES string of the molecule is CC1(C)C(=O)Nc2nc(-c3nn(Cc4ccccc4F)c4ncccc34)nc(NCC3CNC(=O)C3)c21. The van der Waals surface area contributed by atoms with Gasteiger partial charge in [0.1, 0.15) is 23.1 Å². The monoisotopic (exact) mass is 500 g/mol. The molecule has 0 aliphatic carbocycles. The van der Waals surface area contributed by atoms with E-state index in [0.717, 1.165) is 0 Å². The molecule has 2 aliphatic heterocycles. The van der Waals surface area contributed by atoms with Crippen molar-refractivity contribution in [1.29, 1.82) is 0 Å². The standard InChI is InChI=1S/C26H25FN8O2/c1-26(2)19-21(30-12-14-10-18(36)29-11-14)31-23(32-22(19)33-25(26)37)20-16-7-5-9-28-24(16)35(34-20)13-15-6-3-4-8-17(15)27/h3-9,14H,10-13H2,1-2H3,(H,29,36)(H2,30,31,32,33,37). The van der Waals surface area contributed by atoms with Crippen molar-refractivity contribution >= 4 is 34.5 Å². The predicted octanol–water partition coefficient (Wildman–Crippen LogP) is 2.85. The maximum Gasteiger partial charge on any atom is 0.235 e. The van der Waals surface area contributed by atoms with Crippen molar-refractivity contribution in [3.63, 3.8) is 0 Å². The zero-order valence-electron chi connectivity index (χ0n) is 20.4. The Bertz CT molecular complexity index is 1560. The molecular formula is C26H25FN8O2. The molecule has 37 heavy (non-hydrogen) atoms. The number of hydrogen-bond donors (Lipinski definition) is 3. The second-order valence-electron chi connectivity index (χ2n) is 9.93. The molecule has 1 fully saturated rings. The Balaban J connectivity index is 1.44. The van der Waals surface area contributed by atoms with Gasteiger partial charge in [-0.2, -0.15) is 5.10 Å². The summed E-state index contributed by atoms with van der Waals surface area (Å²) in [6, 6.07) is 10.2. The third-order valence-electron chi connectivity index (χ3n) is 6.95. The molecule has 6 rings (SSSR count). The Kier molecular flexibility index (Phi) is 5.36. The molecule has 3 N–H and O–H groups in total. The minimum absolute atomic E-state index is 0.0249. The second kappa shape index (κ2) is 8.61. The van der Waals surface area contributed by atoms with Crippen LogP contribution in [0, 0.1) is 11.7 Å². The highest BCUT2D eigenvalue weighted by molar-refractivity contribution is 6.06. The third kappa shape index (κ3) is 3.96. The minimum Gasteiger partial charge on any atom is -0.369 e. The smallest absolute Gasteiger partial charge is 0.235 e. The van der Waals surface area contributed by atoms with E-state index in [1.54, 1.807) is 35.1 Å². The van der Waals surface area contributed by atoms with E-state index in [2.05, 4.69) is 25.9 Å². The molecule has 1 saturated heterocycles. The molecule has 2 amide bonds. The van der Waals surface area contributed by atoms with Crippen LogP contribution in [0.15, 0.2) is 42.6 Å². The van der Waals surface area contributed by atoms with Crippen molar-refractivity contribution in [3.8, 4) is 11.5 Å². The number of amides is 2. The van der Waals surface area contributed by atoms with Crippen LogP contribution in [-0.4, -0.2) is 49.6 Å². The van der Waals surface area contributed by atoms with Crippen molar-refractivity contribution < 1.29 is 14.0 Å². The van der Waals surface area contributed by atoms with E-state index in [0.29, 0.717) is 64.8 Å². The molecule has 1 atom stereocenters. The lowest BCUT2D eigenvalue weighted by molar-refractivity contribution is -0.120. The maximum absolute atomic E-state index is 14.4. The second-order valence-corrected chi connectivity index (χ2v) is 9.93. The van der Waals surface area contributed by atoms with Crippen molar-refractivity contribution in [2.45, 2.75) is 32.2 Å². The lowest BCUT2D eigenvalue weighted by Gasteiger charge is -2.20. The van der Waals surface area contributed by atoms with Crippen LogP contribution in [-0.2, 0) is 21.5 Å². The molecule has 1 unspecified atom stereocenters. The van der Waals surface area contributed by atoms with E-state index in [1.807, 2.05) is 19.9 Å². The normalized spacial score (nSPS) is 18.1. The van der Waals surface area contributed by atoms with Crippen LogP contribution in [0.4, 0.5) is 16.0 Å². The zero-order chi connectivity index (χ0) is 25.7. The number of aromatic nitrogens is 5. The molecule has 0 radical (unpaired) electrons. The molecular weight excluding hydrogens is 475 g/mol. The lowest BCUT2D eigenvalue weighted by atomic mass is 9.87. The van der Waals surface area contributed by atoms with Gasteiger partial charge in [-0.3, -0.25) is 9.59 Å². The van der Waals surface area contributed by atoms with Gasteiger partial charge < -0.3 is 16.0 Å². The van der Waals surface area contributed by atoms with Gasteiger partial charge in [-0.15, -0.1) is 0 Å². The van der Waals surface area contributed by atoms with E-state index in [9.17, 15) is 14.0 Å². The highest BCUT2D eigenvalue weighted by Gasteiger charge is 2.43. The maximum atomic E-state index is 14.4. The quantitative estimate of drug-likeness (QED) is 0.372. The van der Waals surface area contributed by atoms with E-state index < -0.39 is 5.41 Å². The number of pyridine rings is 1. The van der Waals surface area contributed by atoms with Gasteiger partial charge in [-0.1, -0.05) is 18.2 Å². The molecule has 0 spiro atoms. The molecule has 188 valence electrons. The van der Waals surface area contributed by atoms with Gasteiger partial charge in [0.05, 0.1) is 22.9 Å². The average Bonchev–Trinajstić information content (AvgIpc) is 3.53. The number of rotatable bonds is 6. The van der Waals surface area contributed by atoms with Gasteiger partial charge in [-0.05, 0) is 32.0 Å². The van der Waals surface area contributed by atoms with Gasteiger partial charge in [0, 0.05) is 37.2 Å². The minimum atomic E-state index is -0.840. The molecule has 10 nitrogen and oxygen atoms in total. The number of nitrogens with one attached hydrogen (secondary N) is 3. The Labute approximate surface area is 211 Å². The average molecular weight is 501 g/mol. The Hall–Kier alpha value is -4.41. The van der Waals surface area contributed by atoms with Crippen LogP contribution in [0.1, 0.15) is 31.4 Å². The molecule has 5 heterocycles. The first-order valence-electron chi connectivity index (χ1n) is 12.1. The largest absolute Gasteiger partial charge is 0.369 e. The number of hydrogen-bond acceptors (Lipinski definition) is 7. The molecule has 0 bridgehead atoms. The van der Waals surface area contributed by atoms with Crippen LogP contribution < -0.4 is 16.0 Å². The Morgan fingerprint density at radius 1 is 1.16 bits per heavy atom. The summed E-state index contributed by atoms with van der Waals surface area (Å²) < 4.78 is 16.0. The number of carbonyl (C=O) groups is 2. The first-order chi connectivity index (χ1) is 17.8. The van der Waals surface area contributed by atoms with Crippen LogP contribution in [0.2, 0.25) is 0 Å². The number of fused-ring (bicyclic) bond motifs is 2. The van der Waals surface area contributed by atoms with Crippen molar-refractivity contribution in [2.24, 2.45) is 5.92 Å². The molecule has 1 aromatic carbocycles. The van der Waals surface area contributed by atoms with E-state index in [-0.39, 0.29) is 30.1 Å². The summed E-state index contributed by atoms with van der Waals surface area (Å²) in [7, 11) is 0. The van der Waals surface area contributed by atoms with Crippen LogP contribution in [0.5, 0.6) is 0 Å². The van der Waals surface area contributed by atoms with E-state index in [4.69, 9.17) is 10.1 Å². The topological polar surface area (TPSA) is 127 Å². The van der Waals surface area contributed by atoms with Gasteiger partial charge in [0.15, 0.2) is 11.5 Å². The summed E-state index contributed by atoms with van der Waals surface area (Å²) in [5, 5.41) is 14.5. The predicted molar refractivity (Wildman–Crippen MR) is 135 cm³/mol. The molecule has 3 aromatic heterocycles. The first kappa shape index (κ1) is 23.0. The Morgan fingerprint density at radius 2 is 2.00 bits per heavy atom. The fourth-order valence-corrected chi connectivity index (χ4v) is 4.88. The summed E-state index contributed by atoms with van der Waals surface area (Å²) in [6.45, 7) is 4.93. The summed E-state index contributed by atoms with van der Waals surface area (Å²) in [5.41, 5.74) is 1.36. The first-order valence-corrected chi connectivity index (χ1v) is 12.1. The summed E-state index contributed by atoms with van der Waals surface area (Å²) >= 11 is 0. The summed E-state index contributed by atoms with van der Waals surface area (Å²) in [4.78, 5) is 38.4. The van der Waals surface area contributed by atoms with Gasteiger partial charge >= 0.3 is 0 Å². The fraction of sp³-hybridized carbons (Fsp3) is 0.308. The molecule has 4 aromatic rings. The van der Waals surface area contributed by atoms with Crippen molar-refractivity contribution in [2.75, 3.05) is 23.7 Å². The molecule has 2 aliphatic rings. The van der Waals surface area contributed by atoms with E-state index in [1.165, 1.54) is 6.07 Å². The third-order valence-corrected chi connectivity index (χ3v) is 6.95. The number of halogens is 1. The number of carbonyl (C=O) groups excluding carboxylic acids is 2. The zero-order valence-corrected chi connectivity index (χ0v) is 20.4. The molecule has 0 saturated carbocycles. The van der Waals surface area contributed by atoms with E-state index >= 15 is 0 Å². The van der Waals surface area contributed by atoms with Crippen LogP contribution in [0.25, 0.3) is 22.6 Å². The van der Waals surface area contributed by atoms with Gasteiger partial charge in [0.2, 0.25) is 11.8 Å².